The van der Waals surface area contributed by atoms with Crippen LogP contribution in [0.5, 0.6) is 0 Å². The number of carbonyl (C=O) groups excluding carboxylic acids is 2. The Hall–Kier alpha value is -2.38. The van der Waals surface area contributed by atoms with Crippen LogP contribution in [0.15, 0.2) is 4.99 Å². The van der Waals surface area contributed by atoms with Crippen molar-refractivity contribution in [2.24, 2.45) is 10.9 Å². The summed E-state index contributed by atoms with van der Waals surface area (Å²) < 4.78 is 5.52. The number of rotatable bonds is 7. The average Bonchev–Trinajstić information content (AvgIpc) is 2.91. The molecule has 1 saturated carbocycles. The van der Waals surface area contributed by atoms with Crippen LogP contribution in [-0.2, 0) is 9.53 Å². The molecule has 0 unspecified atom stereocenters. The number of nitrogens with zero attached hydrogens (tertiary/aromatic N) is 5. The van der Waals surface area contributed by atoms with Crippen molar-refractivity contribution in [1.29, 1.82) is 5.26 Å². The van der Waals surface area contributed by atoms with Crippen molar-refractivity contribution in [3.63, 3.8) is 0 Å². The van der Waals surface area contributed by atoms with Crippen LogP contribution < -0.4 is 10.6 Å². The van der Waals surface area contributed by atoms with Gasteiger partial charge < -0.3 is 24.8 Å². The summed E-state index contributed by atoms with van der Waals surface area (Å²) in [4.78, 5) is 37.5. The van der Waals surface area contributed by atoms with Gasteiger partial charge in [0.2, 0.25) is 11.9 Å². The van der Waals surface area contributed by atoms with Crippen molar-refractivity contribution in [3.05, 3.63) is 0 Å². The second kappa shape index (κ2) is 13.8. The lowest BCUT2D eigenvalue weighted by Crippen LogP contribution is -2.57. The van der Waals surface area contributed by atoms with Gasteiger partial charge in [-0.1, -0.05) is 32.1 Å². The Kier molecular flexibility index (Phi) is 10.8. The van der Waals surface area contributed by atoms with E-state index >= 15 is 0 Å². The molecule has 3 aliphatic rings. The van der Waals surface area contributed by atoms with Gasteiger partial charge in [-0.25, -0.2) is 9.79 Å². The van der Waals surface area contributed by atoms with Gasteiger partial charge in [0.1, 0.15) is 11.6 Å². The molecular weight excluding hydrogens is 458 g/mol. The SMILES string of the molecule is CCN(CC)C(=O)NC(=N[C@@H](CC1CCCCC1)C(=O)NC1(C#N)CCN(C)CC1)N1CCOCC1. The molecule has 0 bridgehead atoms. The van der Waals surface area contributed by atoms with Gasteiger partial charge in [-0.15, -0.1) is 0 Å². The largest absolute Gasteiger partial charge is 0.378 e. The molecule has 3 rings (SSSR count). The monoisotopic (exact) mass is 503 g/mol. The van der Waals surface area contributed by atoms with Crippen LogP contribution in [-0.4, -0.2) is 104 Å². The van der Waals surface area contributed by atoms with Crippen molar-refractivity contribution >= 4 is 17.9 Å². The lowest BCUT2D eigenvalue weighted by atomic mass is 9.84. The normalized spacial score (nSPS) is 22.4. The van der Waals surface area contributed by atoms with E-state index in [1.54, 1.807) is 4.90 Å². The number of carbonyl (C=O) groups is 2. The minimum absolute atomic E-state index is 0.213. The third-order valence-electron chi connectivity index (χ3n) is 7.86. The van der Waals surface area contributed by atoms with Crippen molar-refractivity contribution < 1.29 is 14.3 Å². The number of nitrogens with one attached hydrogen (secondary N) is 2. The number of aliphatic imine (C=N–C) groups is 1. The van der Waals surface area contributed by atoms with E-state index in [1.807, 2.05) is 25.8 Å². The number of amides is 3. The van der Waals surface area contributed by atoms with E-state index in [-0.39, 0.29) is 11.9 Å². The molecule has 0 aromatic rings. The number of urea groups is 1. The third kappa shape index (κ3) is 7.81. The lowest BCUT2D eigenvalue weighted by Gasteiger charge is -2.37. The van der Waals surface area contributed by atoms with Gasteiger partial charge in [0.05, 0.1) is 19.3 Å². The molecule has 202 valence electrons. The van der Waals surface area contributed by atoms with Crippen LogP contribution >= 0.6 is 0 Å². The van der Waals surface area contributed by atoms with Gasteiger partial charge in [-0.2, -0.15) is 5.26 Å². The zero-order valence-electron chi connectivity index (χ0n) is 22.4. The first-order valence-corrected chi connectivity index (χ1v) is 13.8. The molecule has 2 saturated heterocycles. The summed E-state index contributed by atoms with van der Waals surface area (Å²) in [6.45, 7) is 8.89. The van der Waals surface area contributed by atoms with E-state index in [4.69, 9.17) is 9.73 Å². The topological polar surface area (TPSA) is 113 Å². The van der Waals surface area contributed by atoms with Crippen LogP contribution in [0, 0.1) is 17.2 Å². The quantitative estimate of drug-likeness (QED) is 0.407. The van der Waals surface area contributed by atoms with E-state index in [0.717, 1.165) is 25.9 Å². The fourth-order valence-corrected chi connectivity index (χ4v) is 5.34. The summed E-state index contributed by atoms with van der Waals surface area (Å²) in [5.74, 6) is 0.633. The zero-order chi connectivity index (χ0) is 26.0. The summed E-state index contributed by atoms with van der Waals surface area (Å²) in [5, 5.41) is 16.1. The van der Waals surface area contributed by atoms with Gasteiger partial charge in [-0.3, -0.25) is 10.1 Å². The van der Waals surface area contributed by atoms with Gasteiger partial charge in [0.25, 0.3) is 0 Å². The van der Waals surface area contributed by atoms with Gasteiger partial charge in [0.15, 0.2) is 0 Å². The maximum atomic E-state index is 13.7. The highest BCUT2D eigenvalue weighted by atomic mass is 16.5. The number of guanidine groups is 1. The molecule has 1 aliphatic carbocycles. The van der Waals surface area contributed by atoms with Crippen LogP contribution in [0.4, 0.5) is 4.79 Å². The molecule has 3 amide bonds. The summed E-state index contributed by atoms with van der Waals surface area (Å²) in [6, 6.07) is 1.52. The lowest BCUT2D eigenvalue weighted by molar-refractivity contribution is -0.124. The first kappa shape index (κ1) is 28.2. The first-order valence-electron chi connectivity index (χ1n) is 13.8. The summed E-state index contributed by atoms with van der Waals surface area (Å²) in [6.07, 6.45) is 7.58. The molecule has 1 atom stereocenters. The molecule has 2 N–H and O–H groups in total. The average molecular weight is 504 g/mol. The highest BCUT2D eigenvalue weighted by Crippen LogP contribution is 2.29. The molecular formula is C26H45N7O3. The number of morpholine rings is 1. The van der Waals surface area contributed by atoms with Gasteiger partial charge >= 0.3 is 6.03 Å². The Morgan fingerprint density at radius 3 is 2.33 bits per heavy atom. The van der Waals surface area contributed by atoms with Crippen molar-refractivity contribution in [1.82, 2.24) is 25.3 Å². The molecule has 2 heterocycles. The summed E-state index contributed by atoms with van der Waals surface area (Å²) in [5.41, 5.74) is -0.868. The molecule has 3 fully saturated rings. The standard InChI is InChI=1S/C26H45N7O3/c1-4-32(5-2)25(35)29-24(33-15-17-36-18-16-33)28-22(19-21-9-7-6-8-10-21)23(34)30-26(20-27)11-13-31(3)14-12-26/h21-22H,4-19H2,1-3H3,(H,30,34)(H,28,29,35)/t22-/m0/s1. The molecule has 0 radical (unpaired) electrons. The predicted molar refractivity (Wildman–Crippen MR) is 139 cm³/mol. The first-order chi connectivity index (χ1) is 17.4. The third-order valence-corrected chi connectivity index (χ3v) is 7.86. The number of likely N-dealkylation sites (tertiary alicyclic amines) is 1. The highest BCUT2D eigenvalue weighted by Gasteiger charge is 2.38. The minimum atomic E-state index is -0.868. The van der Waals surface area contributed by atoms with E-state index in [1.165, 1.54) is 19.3 Å². The molecule has 10 nitrogen and oxygen atoms in total. The Labute approximate surface area is 216 Å². The van der Waals surface area contributed by atoms with Gasteiger partial charge in [-0.05, 0) is 46.1 Å². The molecule has 0 aromatic heterocycles. The van der Waals surface area contributed by atoms with Crippen molar-refractivity contribution in [3.8, 4) is 6.07 Å². The van der Waals surface area contributed by atoms with Crippen LogP contribution in [0.1, 0.15) is 65.2 Å². The van der Waals surface area contributed by atoms with Crippen LogP contribution in [0.2, 0.25) is 0 Å². The fourth-order valence-electron chi connectivity index (χ4n) is 5.34. The number of hydrogen-bond donors (Lipinski definition) is 2. The Morgan fingerprint density at radius 1 is 1.11 bits per heavy atom. The van der Waals surface area contributed by atoms with Gasteiger partial charge in [0, 0.05) is 39.3 Å². The Morgan fingerprint density at radius 2 is 1.75 bits per heavy atom. The maximum Gasteiger partial charge on any atom is 0.324 e. The zero-order valence-corrected chi connectivity index (χ0v) is 22.4. The number of ether oxygens (including phenoxy) is 1. The number of nitriles is 1. The summed E-state index contributed by atoms with van der Waals surface area (Å²) in [7, 11) is 2.03. The molecule has 0 spiro atoms. The maximum absolute atomic E-state index is 13.7. The van der Waals surface area contributed by atoms with E-state index in [2.05, 4.69) is 21.6 Å². The number of hydrogen-bond acceptors (Lipinski definition) is 6. The molecule has 36 heavy (non-hydrogen) atoms. The smallest absolute Gasteiger partial charge is 0.324 e. The second-order valence-electron chi connectivity index (χ2n) is 10.4. The minimum Gasteiger partial charge on any atom is -0.378 e. The molecule has 0 aromatic carbocycles. The Balaban J connectivity index is 1.87. The fraction of sp³-hybridized carbons (Fsp3) is 0.846. The Bertz CT molecular complexity index is 788. The summed E-state index contributed by atoms with van der Waals surface area (Å²) >= 11 is 0. The van der Waals surface area contributed by atoms with Crippen LogP contribution in [0.25, 0.3) is 0 Å². The van der Waals surface area contributed by atoms with E-state index in [9.17, 15) is 14.9 Å². The highest BCUT2D eigenvalue weighted by molar-refractivity contribution is 5.97. The number of piperidine rings is 1. The van der Waals surface area contributed by atoms with Crippen molar-refractivity contribution in [2.45, 2.75) is 76.8 Å². The van der Waals surface area contributed by atoms with E-state index in [0.29, 0.717) is 70.5 Å². The second-order valence-corrected chi connectivity index (χ2v) is 10.4. The van der Waals surface area contributed by atoms with E-state index < -0.39 is 11.6 Å². The molecule has 10 heteroatoms. The van der Waals surface area contributed by atoms with Crippen LogP contribution in [0.3, 0.4) is 0 Å². The van der Waals surface area contributed by atoms with Crippen molar-refractivity contribution in [2.75, 3.05) is 59.5 Å². The molecule has 2 aliphatic heterocycles. The predicted octanol–water partition coefficient (Wildman–Crippen LogP) is 2.17.